The Morgan fingerprint density at radius 2 is 1.81 bits per heavy atom. The molecule has 10 heteroatoms. The van der Waals surface area contributed by atoms with Gasteiger partial charge in [0.05, 0.1) is 27.2 Å². The quantitative estimate of drug-likeness (QED) is 0.366. The highest BCUT2D eigenvalue weighted by Crippen LogP contribution is 2.30. The SMILES string of the molecule is O=[N+]([O-])c1ccc(N/N=C/c2ccc(-c3ccccc3Cl)o2)c([N+](=O)[O-])c1. The van der Waals surface area contributed by atoms with Crippen LogP contribution in [0.15, 0.2) is 64.1 Å². The van der Waals surface area contributed by atoms with E-state index < -0.39 is 15.5 Å². The van der Waals surface area contributed by atoms with Gasteiger partial charge in [-0.2, -0.15) is 5.10 Å². The van der Waals surface area contributed by atoms with Crippen LogP contribution >= 0.6 is 11.6 Å². The Morgan fingerprint density at radius 1 is 1.04 bits per heavy atom. The topological polar surface area (TPSA) is 124 Å². The zero-order valence-corrected chi connectivity index (χ0v) is 14.3. The molecule has 0 bridgehead atoms. The van der Waals surface area contributed by atoms with Gasteiger partial charge in [-0.3, -0.25) is 25.7 Å². The molecule has 0 radical (unpaired) electrons. The molecule has 136 valence electrons. The third kappa shape index (κ3) is 4.10. The van der Waals surface area contributed by atoms with Gasteiger partial charge in [-0.1, -0.05) is 23.7 Å². The predicted molar refractivity (Wildman–Crippen MR) is 100 cm³/mol. The summed E-state index contributed by atoms with van der Waals surface area (Å²) in [4.78, 5) is 20.4. The van der Waals surface area contributed by atoms with Crippen molar-refractivity contribution in [1.29, 1.82) is 0 Å². The summed E-state index contributed by atoms with van der Waals surface area (Å²) >= 11 is 6.12. The smallest absolute Gasteiger partial charge is 0.301 e. The summed E-state index contributed by atoms with van der Waals surface area (Å²) in [7, 11) is 0. The van der Waals surface area contributed by atoms with Crippen LogP contribution < -0.4 is 5.43 Å². The highest BCUT2D eigenvalue weighted by molar-refractivity contribution is 6.33. The van der Waals surface area contributed by atoms with E-state index in [1.54, 1.807) is 30.3 Å². The Morgan fingerprint density at radius 3 is 2.52 bits per heavy atom. The largest absolute Gasteiger partial charge is 0.455 e. The molecule has 27 heavy (non-hydrogen) atoms. The third-order valence-corrected chi connectivity index (χ3v) is 3.86. The number of benzene rings is 2. The highest BCUT2D eigenvalue weighted by Gasteiger charge is 2.19. The molecule has 3 rings (SSSR count). The zero-order valence-electron chi connectivity index (χ0n) is 13.5. The lowest BCUT2D eigenvalue weighted by Gasteiger charge is -2.01. The molecule has 0 spiro atoms. The molecule has 0 aliphatic rings. The van der Waals surface area contributed by atoms with Crippen LogP contribution in [0.5, 0.6) is 0 Å². The summed E-state index contributed by atoms with van der Waals surface area (Å²) in [5.74, 6) is 0.936. The molecular weight excluding hydrogens is 376 g/mol. The number of nitro benzene ring substituents is 2. The number of nitro groups is 2. The third-order valence-electron chi connectivity index (χ3n) is 3.53. The van der Waals surface area contributed by atoms with Crippen LogP contribution in [0.1, 0.15) is 5.76 Å². The highest BCUT2D eigenvalue weighted by atomic mass is 35.5. The van der Waals surface area contributed by atoms with Gasteiger partial charge in [0.1, 0.15) is 17.2 Å². The van der Waals surface area contributed by atoms with Gasteiger partial charge in [-0.25, -0.2) is 0 Å². The average molecular weight is 387 g/mol. The maximum Gasteiger partial charge on any atom is 0.301 e. The van der Waals surface area contributed by atoms with Crippen molar-refractivity contribution in [3.05, 3.63) is 85.6 Å². The fourth-order valence-electron chi connectivity index (χ4n) is 2.27. The Bertz CT molecular complexity index is 1050. The first kappa shape index (κ1) is 18.1. The zero-order chi connectivity index (χ0) is 19.4. The van der Waals surface area contributed by atoms with Gasteiger partial charge < -0.3 is 4.42 Å². The van der Waals surface area contributed by atoms with Gasteiger partial charge >= 0.3 is 5.69 Å². The number of rotatable bonds is 6. The van der Waals surface area contributed by atoms with Crippen LogP contribution in [0.2, 0.25) is 5.02 Å². The maximum atomic E-state index is 11.1. The summed E-state index contributed by atoms with van der Waals surface area (Å²) in [6.45, 7) is 0. The van der Waals surface area contributed by atoms with E-state index >= 15 is 0 Å². The number of halogens is 1. The summed E-state index contributed by atoms with van der Waals surface area (Å²) < 4.78 is 5.62. The molecule has 1 aromatic heterocycles. The fraction of sp³-hybridized carbons (Fsp3) is 0. The summed E-state index contributed by atoms with van der Waals surface area (Å²) in [6, 6.07) is 13.8. The number of hydrogen-bond acceptors (Lipinski definition) is 7. The number of furan rings is 1. The second-order valence-electron chi connectivity index (χ2n) is 5.27. The summed E-state index contributed by atoms with van der Waals surface area (Å²) in [6.07, 6.45) is 1.32. The molecule has 0 atom stereocenters. The molecule has 0 fully saturated rings. The summed E-state index contributed by atoms with van der Waals surface area (Å²) in [5, 5.41) is 26.2. The number of hydrazone groups is 1. The lowest BCUT2D eigenvalue weighted by atomic mass is 10.2. The van der Waals surface area contributed by atoms with Crippen LogP contribution in [0, 0.1) is 20.2 Å². The predicted octanol–water partition coefficient (Wildman–Crippen LogP) is 4.86. The van der Waals surface area contributed by atoms with E-state index in [1.807, 2.05) is 6.07 Å². The van der Waals surface area contributed by atoms with Crippen molar-refractivity contribution < 1.29 is 14.3 Å². The number of nitrogens with zero attached hydrogens (tertiary/aromatic N) is 3. The second kappa shape index (κ2) is 7.67. The number of non-ortho nitro benzene ring substituents is 1. The number of anilines is 1. The first-order valence-corrected chi connectivity index (χ1v) is 7.90. The Labute approximate surface area is 157 Å². The van der Waals surface area contributed by atoms with Gasteiger partial charge in [0, 0.05) is 11.6 Å². The number of hydrogen-bond donors (Lipinski definition) is 1. The van der Waals surface area contributed by atoms with Crippen molar-refractivity contribution >= 4 is 34.9 Å². The van der Waals surface area contributed by atoms with Crippen molar-refractivity contribution in [1.82, 2.24) is 0 Å². The molecule has 1 N–H and O–H groups in total. The van der Waals surface area contributed by atoms with Gasteiger partial charge in [0.2, 0.25) is 0 Å². The standard InChI is InChI=1S/C17H11ClN4O5/c18-14-4-2-1-3-13(14)17-8-6-12(27-17)10-19-20-15-7-5-11(21(23)24)9-16(15)22(25)26/h1-10,20H/b19-10+. The summed E-state index contributed by atoms with van der Waals surface area (Å²) in [5.41, 5.74) is 2.38. The fourth-order valence-corrected chi connectivity index (χ4v) is 2.50. The molecular formula is C17H11ClN4O5. The molecule has 0 saturated carbocycles. The molecule has 0 unspecified atom stereocenters. The van der Waals surface area contributed by atoms with Gasteiger partial charge in [0.15, 0.2) is 0 Å². The van der Waals surface area contributed by atoms with E-state index in [0.717, 1.165) is 17.7 Å². The van der Waals surface area contributed by atoms with Crippen LogP contribution in [-0.4, -0.2) is 16.1 Å². The molecule has 1 heterocycles. The molecule has 0 amide bonds. The molecule has 9 nitrogen and oxygen atoms in total. The van der Waals surface area contributed by atoms with Crippen LogP contribution in [0.4, 0.5) is 17.1 Å². The van der Waals surface area contributed by atoms with Crippen molar-refractivity contribution in [2.75, 3.05) is 5.43 Å². The van der Waals surface area contributed by atoms with E-state index in [2.05, 4.69) is 10.5 Å². The molecule has 0 aliphatic carbocycles. The Hall–Kier alpha value is -3.72. The average Bonchev–Trinajstić information content (AvgIpc) is 3.10. The van der Waals surface area contributed by atoms with Gasteiger partial charge in [-0.05, 0) is 30.3 Å². The van der Waals surface area contributed by atoms with E-state index in [4.69, 9.17) is 16.0 Å². The molecule has 3 aromatic rings. The van der Waals surface area contributed by atoms with Crippen LogP contribution in [-0.2, 0) is 0 Å². The number of nitrogens with one attached hydrogen (secondary N) is 1. The first-order chi connectivity index (χ1) is 13.0. The lowest BCUT2D eigenvalue weighted by Crippen LogP contribution is -1.98. The van der Waals surface area contributed by atoms with Crippen molar-refractivity contribution in [3.63, 3.8) is 0 Å². The maximum absolute atomic E-state index is 11.1. The molecule has 2 aromatic carbocycles. The Balaban J connectivity index is 1.78. The lowest BCUT2D eigenvalue weighted by molar-refractivity contribution is -0.393. The van der Waals surface area contributed by atoms with Gasteiger partial charge in [-0.15, -0.1) is 0 Å². The minimum atomic E-state index is -0.729. The minimum Gasteiger partial charge on any atom is -0.455 e. The van der Waals surface area contributed by atoms with Crippen LogP contribution in [0.25, 0.3) is 11.3 Å². The first-order valence-electron chi connectivity index (χ1n) is 7.52. The molecule has 0 saturated heterocycles. The minimum absolute atomic E-state index is 0.0136. The van der Waals surface area contributed by atoms with E-state index in [1.165, 1.54) is 12.3 Å². The second-order valence-corrected chi connectivity index (χ2v) is 5.67. The Kier molecular flexibility index (Phi) is 5.13. The van der Waals surface area contributed by atoms with Crippen molar-refractivity contribution in [2.24, 2.45) is 5.10 Å². The van der Waals surface area contributed by atoms with E-state index in [0.29, 0.717) is 16.5 Å². The van der Waals surface area contributed by atoms with Gasteiger partial charge in [0.25, 0.3) is 5.69 Å². The van der Waals surface area contributed by atoms with Crippen molar-refractivity contribution in [2.45, 2.75) is 0 Å². The van der Waals surface area contributed by atoms with Crippen molar-refractivity contribution in [3.8, 4) is 11.3 Å². The molecule has 0 aliphatic heterocycles. The monoisotopic (exact) mass is 386 g/mol. The normalized spacial score (nSPS) is 10.9. The van der Waals surface area contributed by atoms with E-state index in [-0.39, 0.29) is 11.4 Å². The van der Waals surface area contributed by atoms with E-state index in [9.17, 15) is 20.2 Å². The van der Waals surface area contributed by atoms with Crippen LogP contribution in [0.3, 0.4) is 0 Å².